The van der Waals surface area contributed by atoms with Gasteiger partial charge >= 0.3 is 13.7 Å². The second-order valence-electron chi connectivity index (χ2n) is 8.25. The number of aryl methyl sites for hydroxylation is 1. The number of aliphatic carboxylic acids is 1. The van der Waals surface area contributed by atoms with Crippen molar-refractivity contribution in [1.29, 1.82) is 0 Å². The Morgan fingerprint density at radius 1 is 1.37 bits per heavy atom. The van der Waals surface area contributed by atoms with E-state index in [9.17, 15) is 14.5 Å². The van der Waals surface area contributed by atoms with Crippen molar-refractivity contribution < 1.29 is 28.3 Å². The lowest BCUT2D eigenvalue weighted by Crippen LogP contribution is -2.33. The Balaban J connectivity index is 1.47. The molecular weight excluding hydrogens is 475 g/mol. The molecule has 0 radical (unpaired) electrons. The second-order valence-corrected chi connectivity index (χ2v) is 9.95. The number of hydrogen-bond acceptors (Lipinski definition) is 9. The van der Waals surface area contributed by atoms with Crippen LogP contribution in [0.15, 0.2) is 42.7 Å². The van der Waals surface area contributed by atoms with E-state index in [1.165, 1.54) is 14.0 Å². The van der Waals surface area contributed by atoms with Gasteiger partial charge in [0.25, 0.3) is 0 Å². The average Bonchev–Trinajstić information content (AvgIpc) is 3.44. The van der Waals surface area contributed by atoms with E-state index in [2.05, 4.69) is 20.0 Å². The van der Waals surface area contributed by atoms with Crippen molar-refractivity contribution in [3.8, 4) is 11.6 Å². The lowest BCUT2D eigenvalue weighted by atomic mass is 10.1. The number of imidazole rings is 1. The molecule has 3 aromatic rings. The predicted molar refractivity (Wildman–Crippen MR) is 128 cm³/mol. The van der Waals surface area contributed by atoms with Crippen LogP contribution < -0.4 is 20.1 Å². The van der Waals surface area contributed by atoms with Gasteiger partial charge in [0.2, 0.25) is 11.8 Å². The minimum Gasteiger partial charge on any atom is -0.480 e. The van der Waals surface area contributed by atoms with E-state index in [4.69, 9.17) is 19.5 Å². The van der Waals surface area contributed by atoms with Gasteiger partial charge in [-0.05, 0) is 38.0 Å². The number of aromatic nitrogens is 4. The molecule has 13 heteroatoms. The zero-order chi connectivity index (χ0) is 25.2. The first-order valence-corrected chi connectivity index (χ1v) is 12.5. The van der Waals surface area contributed by atoms with E-state index in [1.807, 2.05) is 29.7 Å². The molecule has 1 aromatic carbocycles. The first-order chi connectivity index (χ1) is 16.7. The van der Waals surface area contributed by atoms with E-state index >= 15 is 0 Å². The number of nitrogen functional groups attached to an aromatic ring is 1. The van der Waals surface area contributed by atoms with Gasteiger partial charge in [-0.2, -0.15) is 15.1 Å². The number of fused-ring (bicyclic) bond motifs is 1. The summed E-state index contributed by atoms with van der Waals surface area (Å²) in [5.74, 6) is -0.609. The van der Waals surface area contributed by atoms with E-state index < -0.39 is 19.8 Å². The quantitative estimate of drug-likeness (QED) is 0.276. The molecule has 4 N–H and O–H groups in total. The average molecular weight is 502 g/mol. The second kappa shape index (κ2) is 10.0. The van der Waals surface area contributed by atoms with Crippen molar-refractivity contribution in [3.05, 3.63) is 48.3 Å². The molecule has 2 heterocycles. The number of carboxylic acids is 1. The highest BCUT2D eigenvalue weighted by atomic mass is 31.2. The Hall–Kier alpha value is -3.47. The maximum Gasteiger partial charge on any atom is 0.459 e. The number of nitrogens with zero attached hydrogens (tertiary/aromatic N) is 4. The Morgan fingerprint density at radius 2 is 2.17 bits per heavy atom. The van der Waals surface area contributed by atoms with Crippen LogP contribution in [0.3, 0.4) is 0 Å². The van der Waals surface area contributed by atoms with Gasteiger partial charge in [0.15, 0.2) is 11.2 Å². The Kier molecular flexibility index (Phi) is 7.06. The molecule has 4 rings (SSSR count). The molecule has 0 fully saturated rings. The van der Waals surface area contributed by atoms with Gasteiger partial charge in [-0.1, -0.05) is 24.3 Å². The number of methoxy groups -OCH3 is 1. The Bertz CT molecular complexity index is 1310. The van der Waals surface area contributed by atoms with Crippen LogP contribution in [0.1, 0.15) is 24.9 Å². The van der Waals surface area contributed by atoms with Crippen LogP contribution in [0.4, 0.5) is 5.95 Å². The summed E-state index contributed by atoms with van der Waals surface area (Å²) in [6, 6.07) is 5.70. The molecule has 0 saturated heterocycles. The molecule has 0 aliphatic heterocycles. The monoisotopic (exact) mass is 502 g/mol. The van der Waals surface area contributed by atoms with E-state index in [0.29, 0.717) is 29.2 Å². The van der Waals surface area contributed by atoms with Gasteiger partial charge < -0.3 is 24.7 Å². The number of benzene rings is 1. The van der Waals surface area contributed by atoms with Crippen LogP contribution in [0, 0.1) is 12.8 Å². The highest BCUT2D eigenvalue weighted by molar-refractivity contribution is 7.52. The summed E-state index contributed by atoms with van der Waals surface area (Å²) < 4.78 is 31.9. The van der Waals surface area contributed by atoms with Crippen molar-refractivity contribution in [1.82, 2.24) is 24.6 Å². The fourth-order valence-electron chi connectivity index (χ4n) is 3.76. The minimum atomic E-state index is -4.00. The van der Waals surface area contributed by atoms with Crippen LogP contribution in [0.2, 0.25) is 0 Å². The number of anilines is 1. The maximum atomic E-state index is 13.5. The Labute approximate surface area is 201 Å². The van der Waals surface area contributed by atoms with Gasteiger partial charge in [-0.15, -0.1) is 0 Å². The van der Waals surface area contributed by atoms with Gasteiger partial charge in [0, 0.05) is 5.92 Å². The third-order valence-corrected chi connectivity index (χ3v) is 7.15. The number of carboxylic acid groups (broad SMARTS) is 1. The van der Waals surface area contributed by atoms with Crippen molar-refractivity contribution in [3.63, 3.8) is 0 Å². The van der Waals surface area contributed by atoms with Gasteiger partial charge in [-0.25, -0.2) is 9.55 Å². The summed E-state index contributed by atoms with van der Waals surface area (Å²) >= 11 is 0. The standard InChI is InChI=1S/C22H27N6O6P/c1-13-5-4-6-17(9-13)34-35(31,27-14(2)21(29)30)33-11-15-7-8-16(10-15)28-12-24-18-19(28)25-22(23)26-20(18)32-3/h4-9,12,14-16H,10-11H2,1-3H3,(H,27,31)(H,29,30)(H2,23,25,26)/t14?,15-,16+,35?/m1/s1. The highest BCUT2D eigenvalue weighted by Gasteiger charge is 2.33. The summed E-state index contributed by atoms with van der Waals surface area (Å²) in [5, 5.41) is 11.8. The lowest BCUT2D eigenvalue weighted by Gasteiger charge is -2.23. The van der Waals surface area contributed by atoms with Gasteiger partial charge in [-0.3, -0.25) is 9.32 Å². The zero-order valence-corrected chi connectivity index (χ0v) is 20.4. The largest absolute Gasteiger partial charge is 0.480 e. The number of ether oxygens (including phenoxy) is 1. The fourth-order valence-corrected chi connectivity index (χ4v) is 5.30. The SMILES string of the molecule is COc1nc(N)nc2c1ncn2[C@H]1C=C[C@@H](COP(=O)(NC(C)C(=O)O)Oc2cccc(C)c2)C1. The molecule has 1 aliphatic carbocycles. The first kappa shape index (κ1) is 24.6. The number of allylic oxidation sites excluding steroid dienone is 1. The maximum absolute atomic E-state index is 13.5. The molecule has 2 aromatic heterocycles. The topological polar surface area (TPSA) is 164 Å². The summed E-state index contributed by atoms with van der Waals surface area (Å²) in [5.41, 5.74) is 7.74. The minimum absolute atomic E-state index is 0.0442. The van der Waals surface area contributed by atoms with Crippen LogP contribution in [0.25, 0.3) is 11.2 Å². The van der Waals surface area contributed by atoms with Gasteiger partial charge in [0.05, 0.1) is 26.1 Å². The van der Waals surface area contributed by atoms with Crippen molar-refractivity contribution >= 4 is 30.8 Å². The normalized spacial score (nSPS) is 20.0. The molecule has 35 heavy (non-hydrogen) atoms. The summed E-state index contributed by atoms with van der Waals surface area (Å²) in [7, 11) is -2.51. The molecule has 0 saturated carbocycles. The van der Waals surface area contributed by atoms with Crippen molar-refractivity contribution in [2.45, 2.75) is 32.4 Å². The van der Waals surface area contributed by atoms with Crippen molar-refractivity contribution in [2.75, 3.05) is 19.5 Å². The zero-order valence-electron chi connectivity index (χ0n) is 19.5. The van der Waals surface area contributed by atoms with Crippen molar-refractivity contribution in [2.24, 2.45) is 5.92 Å². The number of nitrogens with two attached hydrogens (primary N) is 1. The number of hydrogen-bond donors (Lipinski definition) is 3. The third-order valence-electron chi connectivity index (χ3n) is 5.50. The fraction of sp³-hybridized carbons (Fsp3) is 0.364. The summed E-state index contributed by atoms with van der Waals surface area (Å²) in [4.78, 5) is 24.0. The number of rotatable bonds is 10. The third kappa shape index (κ3) is 5.61. The van der Waals surface area contributed by atoms with Crippen LogP contribution in [-0.4, -0.2) is 50.4 Å². The number of nitrogens with one attached hydrogen (secondary N) is 1. The van der Waals surface area contributed by atoms with Crippen LogP contribution in [0.5, 0.6) is 11.6 Å². The smallest absolute Gasteiger partial charge is 0.459 e. The molecule has 0 bridgehead atoms. The first-order valence-electron chi connectivity index (χ1n) is 10.9. The Morgan fingerprint density at radius 3 is 2.89 bits per heavy atom. The van der Waals surface area contributed by atoms with Crippen LogP contribution in [-0.2, 0) is 13.9 Å². The molecule has 0 spiro atoms. The van der Waals surface area contributed by atoms with Gasteiger partial charge in [0.1, 0.15) is 11.8 Å². The molecular formula is C22H27N6O6P. The molecule has 1 aliphatic rings. The van der Waals surface area contributed by atoms with Crippen LogP contribution >= 0.6 is 7.75 Å². The molecule has 4 atom stereocenters. The summed E-state index contributed by atoms with van der Waals surface area (Å²) in [6.07, 6.45) is 6.16. The van der Waals surface area contributed by atoms with E-state index in [-0.39, 0.29) is 24.5 Å². The predicted octanol–water partition coefficient (Wildman–Crippen LogP) is 3.11. The molecule has 0 amide bonds. The summed E-state index contributed by atoms with van der Waals surface area (Å²) in [6.45, 7) is 3.28. The number of carbonyl (C=O) groups is 1. The lowest BCUT2D eigenvalue weighted by molar-refractivity contribution is -0.138. The molecule has 12 nitrogen and oxygen atoms in total. The molecule has 2 unspecified atom stereocenters. The van der Waals surface area contributed by atoms with E-state index in [1.54, 1.807) is 24.5 Å². The molecule has 186 valence electrons. The van der Waals surface area contributed by atoms with E-state index in [0.717, 1.165) is 5.56 Å². The highest BCUT2D eigenvalue weighted by Crippen LogP contribution is 2.46.